The van der Waals surface area contributed by atoms with E-state index in [1.807, 2.05) is 19.2 Å². The molecule has 0 aliphatic heterocycles. The van der Waals surface area contributed by atoms with Crippen molar-refractivity contribution < 1.29 is 14.3 Å². The van der Waals surface area contributed by atoms with E-state index in [9.17, 15) is 4.79 Å². The van der Waals surface area contributed by atoms with Crippen LogP contribution in [-0.2, 0) is 16.1 Å². The average molecular weight is 224 g/mol. The van der Waals surface area contributed by atoms with Crippen LogP contribution in [0, 0.1) is 0 Å². The summed E-state index contributed by atoms with van der Waals surface area (Å²) >= 11 is 0. The Morgan fingerprint density at radius 2 is 2.31 bits per heavy atom. The molecule has 0 spiro atoms. The first-order chi connectivity index (χ1) is 7.76. The largest absolute Gasteiger partial charge is 0.491 e. The number of carbonyl (C=O) groups is 1. The van der Waals surface area contributed by atoms with Crippen LogP contribution in [0.25, 0.3) is 0 Å². The van der Waals surface area contributed by atoms with E-state index in [0.29, 0.717) is 12.4 Å². The Morgan fingerprint density at radius 3 is 2.88 bits per heavy atom. The molecule has 0 aromatic carbocycles. The van der Waals surface area contributed by atoms with Crippen LogP contribution in [0.4, 0.5) is 0 Å². The molecule has 0 aliphatic rings. The number of carbonyl (C=O) groups excluding carboxylic acids is 1. The van der Waals surface area contributed by atoms with Gasteiger partial charge in [0, 0.05) is 6.54 Å². The summed E-state index contributed by atoms with van der Waals surface area (Å²) in [7, 11) is 3.22. The lowest BCUT2D eigenvalue weighted by molar-refractivity contribution is -0.141. The molecule has 0 radical (unpaired) electrons. The third-order valence-electron chi connectivity index (χ3n) is 1.96. The van der Waals surface area contributed by atoms with E-state index >= 15 is 0 Å². The van der Waals surface area contributed by atoms with Crippen LogP contribution in [0.3, 0.4) is 0 Å². The number of ether oxygens (including phenoxy) is 2. The minimum atomic E-state index is -0.278. The zero-order chi connectivity index (χ0) is 11.8. The van der Waals surface area contributed by atoms with Gasteiger partial charge in [-0.05, 0) is 19.2 Å². The summed E-state index contributed by atoms with van der Waals surface area (Å²) < 4.78 is 9.82. The molecule has 0 bridgehead atoms. The summed E-state index contributed by atoms with van der Waals surface area (Å²) in [4.78, 5) is 15.0. The second kappa shape index (κ2) is 6.79. The Morgan fingerprint density at radius 1 is 1.50 bits per heavy atom. The Balaban J connectivity index is 2.34. The molecule has 0 unspecified atom stereocenters. The molecule has 1 rings (SSSR count). The predicted octanol–water partition coefficient (Wildman–Crippen LogP) is 0.743. The van der Waals surface area contributed by atoms with Crippen LogP contribution >= 0.6 is 0 Å². The van der Waals surface area contributed by atoms with Crippen molar-refractivity contribution in [1.82, 2.24) is 10.3 Å². The molecular weight excluding hydrogens is 208 g/mol. The normalized spacial score (nSPS) is 9.88. The van der Waals surface area contributed by atoms with Crippen molar-refractivity contribution in [3.05, 3.63) is 24.0 Å². The van der Waals surface area contributed by atoms with Crippen molar-refractivity contribution in [3.8, 4) is 5.75 Å². The number of aromatic nitrogens is 1. The Hall–Kier alpha value is -1.62. The summed E-state index contributed by atoms with van der Waals surface area (Å²) in [5, 5.41) is 3.00. The van der Waals surface area contributed by atoms with Crippen molar-refractivity contribution >= 4 is 5.97 Å². The van der Waals surface area contributed by atoms with Gasteiger partial charge in [0.2, 0.25) is 0 Å². The maximum atomic E-state index is 10.8. The fourth-order valence-electron chi connectivity index (χ4n) is 1.14. The van der Waals surface area contributed by atoms with Gasteiger partial charge in [0.1, 0.15) is 5.75 Å². The van der Waals surface area contributed by atoms with E-state index in [1.54, 1.807) is 6.20 Å². The number of pyridine rings is 1. The van der Waals surface area contributed by atoms with Gasteiger partial charge < -0.3 is 14.8 Å². The molecule has 1 N–H and O–H groups in total. The highest BCUT2D eigenvalue weighted by Gasteiger charge is 2.01. The summed E-state index contributed by atoms with van der Waals surface area (Å²) in [5.41, 5.74) is 0.947. The smallest absolute Gasteiger partial charge is 0.308 e. The lowest BCUT2D eigenvalue weighted by atomic mass is 10.3. The first-order valence-corrected chi connectivity index (χ1v) is 5.05. The third kappa shape index (κ3) is 4.27. The zero-order valence-corrected chi connectivity index (χ0v) is 9.53. The van der Waals surface area contributed by atoms with Crippen LogP contribution in [0.15, 0.2) is 18.3 Å². The third-order valence-corrected chi connectivity index (χ3v) is 1.96. The summed E-state index contributed by atoms with van der Waals surface area (Å²) in [5.74, 6) is 0.378. The fraction of sp³-hybridized carbons (Fsp3) is 0.455. The number of rotatable bonds is 6. The van der Waals surface area contributed by atoms with Gasteiger partial charge in [-0.25, -0.2) is 0 Å². The van der Waals surface area contributed by atoms with Gasteiger partial charge in [-0.15, -0.1) is 0 Å². The molecule has 0 fully saturated rings. The van der Waals surface area contributed by atoms with Crippen molar-refractivity contribution in [2.75, 3.05) is 20.8 Å². The number of esters is 1. The standard InChI is InChI=1S/C11H16N2O3/c1-12-7-9-3-4-10(8-13-9)16-6-5-11(14)15-2/h3-4,8,12H,5-7H2,1-2H3. The van der Waals surface area contributed by atoms with Crippen molar-refractivity contribution in [2.45, 2.75) is 13.0 Å². The highest BCUT2D eigenvalue weighted by Crippen LogP contribution is 2.09. The highest BCUT2D eigenvalue weighted by molar-refractivity contribution is 5.69. The molecule has 5 nitrogen and oxygen atoms in total. The van der Waals surface area contributed by atoms with E-state index < -0.39 is 0 Å². The quantitative estimate of drug-likeness (QED) is 0.722. The zero-order valence-electron chi connectivity index (χ0n) is 9.53. The molecule has 1 heterocycles. The van der Waals surface area contributed by atoms with Gasteiger partial charge in [-0.1, -0.05) is 0 Å². The van der Waals surface area contributed by atoms with E-state index in [1.165, 1.54) is 7.11 Å². The van der Waals surface area contributed by atoms with Gasteiger partial charge in [-0.3, -0.25) is 9.78 Å². The second-order valence-corrected chi connectivity index (χ2v) is 3.19. The minimum absolute atomic E-state index is 0.245. The summed E-state index contributed by atoms with van der Waals surface area (Å²) in [6, 6.07) is 3.71. The molecule has 1 aromatic rings. The number of methoxy groups -OCH3 is 1. The van der Waals surface area contributed by atoms with Crippen LogP contribution in [0.5, 0.6) is 5.75 Å². The Kier molecular flexibility index (Phi) is 5.28. The first-order valence-electron chi connectivity index (χ1n) is 5.05. The van der Waals surface area contributed by atoms with Crippen LogP contribution in [-0.4, -0.2) is 31.7 Å². The average Bonchev–Trinajstić information content (AvgIpc) is 2.31. The van der Waals surface area contributed by atoms with Crippen molar-refractivity contribution in [1.29, 1.82) is 0 Å². The molecule has 0 atom stereocenters. The van der Waals surface area contributed by atoms with Gasteiger partial charge in [-0.2, -0.15) is 0 Å². The van der Waals surface area contributed by atoms with Crippen molar-refractivity contribution in [2.24, 2.45) is 0 Å². The minimum Gasteiger partial charge on any atom is -0.491 e. The predicted molar refractivity (Wildman–Crippen MR) is 59.1 cm³/mol. The maximum Gasteiger partial charge on any atom is 0.308 e. The molecule has 1 aromatic heterocycles. The lowest BCUT2D eigenvalue weighted by Crippen LogP contribution is -2.08. The van der Waals surface area contributed by atoms with Gasteiger partial charge in [0.15, 0.2) is 0 Å². The molecular formula is C11H16N2O3. The number of nitrogens with zero attached hydrogens (tertiary/aromatic N) is 1. The monoisotopic (exact) mass is 224 g/mol. The first kappa shape index (κ1) is 12.4. The van der Waals surface area contributed by atoms with Gasteiger partial charge >= 0.3 is 5.97 Å². The number of nitrogens with one attached hydrogen (secondary N) is 1. The van der Waals surface area contributed by atoms with Gasteiger partial charge in [0.25, 0.3) is 0 Å². The second-order valence-electron chi connectivity index (χ2n) is 3.19. The fourth-order valence-corrected chi connectivity index (χ4v) is 1.14. The molecule has 0 saturated carbocycles. The topological polar surface area (TPSA) is 60.5 Å². The molecule has 0 saturated heterocycles. The van der Waals surface area contributed by atoms with E-state index in [-0.39, 0.29) is 12.4 Å². The molecule has 88 valence electrons. The van der Waals surface area contributed by atoms with Crippen LogP contribution in [0.2, 0.25) is 0 Å². The number of hydrogen-bond acceptors (Lipinski definition) is 5. The molecule has 16 heavy (non-hydrogen) atoms. The maximum absolute atomic E-state index is 10.8. The molecule has 0 amide bonds. The summed E-state index contributed by atoms with van der Waals surface area (Å²) in [6.07, 6.45) is 1.89. The van der Waals surface area contributed by atoms with Crippen LogP contribution < -0.4 is 10.1 Å². The van der Waals surface area contributed by atoms with E-state index in [4.69, 9.17) is 4.74 Å². The Bertz CT molecular complexity index is 325. The molecule has 0 aliphatic carbocycles. The van der Waals surface area contributed by atoms with E-state index in [0.717, 1.165) is 12.2 Å². The van der Waals surface area contributed by atoms with Gasteiger partial charge in [0.05, 0.1) is 32.0 Å². The summed E-state index contributed by atoms with van der Waals surface area (Å²) in [6.45, 7) is 1.03. The Labute approximate surface area is 94.8 Å². The highest BCUT2D eigenvalue weighted by atomic mass is 16.5. The van der Waals surface area contributed by atoms with Crippen molar-refractivity contribution in [3.63, 3.8) is 0 Å². The lowest BCUT2D eigenvalue weighted by Gasteiger charge is -2.05. The number of hydrogen-bond donors (Lipinski definition) is 1. The molecule has 5 heteroatoms. The SMILES string of the molecule is CNCc1ccc(OCCC(=O)OC)cn1. The van der Waals surface area contributed by atoms with Crippen LogP contribution in [0.1, 0.15) is 12.1 Å². The van der Waals surface area contributed by atoms with E-state index in [2.05, 4.69) is 15.0 Å².